The van der Waals surface area contributed by atoms with Crippen molar-refractivity contribution >= 4 is 23.1 Å². The van der Waals surface area contributed by atoms with Crippen LogP contribution in [0.3, 0.4) is 0 Å². The van der Waals surface area contributed by atoms with Crippen LogP contribution in [-0.2, 0) is 6.42 Å². The zero-order valence-corrected chi connectivity index (χ0v) is 11.4. The van der Waals surface area contributed by atoms with Crippen LogP contribution in [0, 0.1) is 5.92 Å². The fourth-order valence-electron chi connectivity index (χ4n) is 1.96. The number of thiazole rings is 1. The second-order valence-electron chi connectivity index (χ2n) is 4.56. The molecule has 0 bridgehead atoms. The summed E-state index contributed by atoms with van der Waals surface area (Å²) >= 11 is 3.90. The Kier molecular flexibility index (Phi) is 4.67. The summed E-state index contributed by atoms with van der Waals surface area (Å²) in [5, 5.41) is 3.50. The van der Waals surface area contributed by atoms with E-state index in [1.807, 2.05) is 11.3 Å². The van der Waals surface area contributed by atoms with Crippen molar-refractivity contribution in [2.75, 3.05) is 18.1 Å². The van der Waals surface area contributed by atoms with Crippen LogP contribution in [0.1, 0.15) is 36.4 Å². The summed E-state index contributed by atoms with van der Waals surface area (Å²) in [6.07, 6.45) is 3.92. The van der Waals surface area contributed by atoms with Crippen molar-refractivity contribution in [2.24, 2.45) is 11.7 Å². The smallest absolute Gasteiger partial charge is 0.0931 e. The van der Waals surface area contributed by atoms with Gasteiger partial charge in [-0.15, -0.1) is 11.3 Å². The zero-order chi connectivity index (χ0) is 11.4. The number of hydrogen-bond donors (Lipinski definition) is 1. The molecule has 1 fully saturated rings. The van der Waals surface area contributed by atoms with E-state index in [2.05, 4.69) is 24.1 Å². The van der Waals surface area contributed by atoms with Gasteiger partial charge in [-0.2, -0.15) is 11.8 Å². The second-order valence-corrected chi connectivity index (χ2v) is 6.73. The van der Waals surface area contributed by atoms with Gasteiger partial charge >= 0.3 is 0 Å². The van der Waals surface area contributed by atoms with Crippen LogP contribution < -0.4 is 5.73 Å². The van der Waals surface area contributed by atoms with E-state index in [4.69, 9.17) is 10.7 Å². The van der Waals surface area contributed by atoms with Gasteiger partial charge in [0.15, 0.2) is 0 Å². The molecule has 90 valence electrons. The summed E-state index contributed by atoms with van der Waals surface area (Å²) in [5.41, 5.74) is 6.85. The van der Waals surface area contributed by atoms with Crippen LogP contribution in [-0.4, -0.2) is 23.0 Å². The molecule has 0 amide bonds. The Balaban J connectivity index is 1.91. The first kappa shape index (κ1) is 12.4. The molecule has 1 aliphatic heterocycles. The van der Waals surface area contributed by atoms with Crippen LogP contribution in [0.2, 0.25) is 0 Å². The summed E-state index contributed by atoms with van der Waals surface area (Å²) in [4.78, 5) is 4.71. The van der Waals surface area contributed by atoms with Crippen molar-refractivity contribution in [2.45, 2.75) is 32.1 Å². The molecule has 1 unspecified atom stereocenters. The van der Waals surface area contributed by atoms with Crippen molar-refractivity contribution in [1.82, 2.24) is 4.98 Å². The lowest BCUT2D eigenvalue weighted by atomic mass is 9.99. The van der Waals surface area contributed by atoms with Crippen molar-refractivity contribution in [3.8, 4) is 0 Å². The molecular weight excluding hydrogens is 236 g/mol. The number of hydrogen-bond acceptors (Lipinski definition) is 4. The highest BCUT2D eigenvalue weighted by Crippen LogP contribution is 2.27. The molecule has 2 nitrogen and oxygen atoms in total. The third-order valence-corrected chi connectivity index (χ3v) is 5.17. The van der Waals surface area contributed by atoms with Crippen molar-refractivity contribution in [3.05, 3.63) is 16.1 Å². The fourth-order valence-corrected chi connectivity index (χ4v) is 4.20. The van der Waals surface area contributed by atoms with E-state index in [1.165, 1.54) is 41.5 Å². The highest BCUT2D eigenvalue weighted by Gasteiger charge is 2.16. The molecule has 2 N–H and O–H groups in total. The van der Waals surface area contributed by atoms with Crippen LogP contribution in [0.25, 0.3) is 0 Å². The Morgan fingerprint density at radius 3 is 2.94 bits per heavy atom. The predicted molar refractivity (Wildman–Crippen MR) is 73.3 cm³/mol. The van der Waals surface area contributed by atoms with Gasteiger partial charge in [-0.25, -0.2) is 4.98 Å². The van der Waals surface area contributed by atoms with Gasteiger partial charge in [0.25, 0.3) is 0 Å². The van der Waals surface area contributed by atoms with Gasteiger partial charge in [0.1, 0.15) is 0 Å². The number of nitrogens with zero attached hydrogens (tertiary/aromatic N) is 1. The van der Waals surface area contributed by atoms with E-state index in [9.17, 15) is 0 Å². The molecule has 0 spiro atoms. The molecule has 1 aromatic heterocycles. The molecule has 0 aromatic carbocycles. The summed E-state index contributed by atoms with van der Waals surface area (Å²) in [5.74, 6) is 3.95. The molecule has 0 radical (unpaired) electrons. The first-order chi connectivity index (χ1) is 7.79. The Hall–Kier alpha value is -0.0600. The number of aromatic nitrogens is 1. The van der Waals surface area contributed by atoms with Gasteiger partial charge in [0.2, 0.25) is 0 Å². The molecule has 2 rings (SSSR count). The quantitative estimate of drug-likeness (QED) is 0.900. The highest BCUT2D eigenvalue weighted by molar-refractivity contribution is 7.99. The molecule has 1 saturated heterocycles. The van der Waals surface area contributed by atoms with Crippen LogP contribution in [0.5, 0.6) is 0 Å². The Labute approximate surface area is 106 Å². The highest BCUT2D eigenvalue weighted by atomic mass is 32.2. The molecule has 0 aliphatic carbocycles. The first-order valence-corrected chi connectivity index (χ1v) is 8.05. The minimum atomic E-state index is 0.409. The Bertz CT molecular complexity index is 319. The lowest BCUT2D eigenvalue weighted by Gasteiger charge is -2.19. The standard InChI is InChI=1S/C12H20N2S2/c1-9(7-13)11-8-16-12(14-11)6-10-2-4-15-5-3-10/h8-10H,2-7,13H2,1H3. The minimum Gasteiger partial charge on any atom is -0.330 e. The largest absolute Gasteiger partial charge is 0.330 e. The normalized spacial score (nSPS) is 19.9. The van der Waals surface area contributed by atoms with E-state index in [0.717, 1.165) is 5.92 Å². The fraction of sp³-hybridized carbons (Fsp3) is 0.750. The zero-order valence-electron chi connectivity index (χ0n) is 9.82. The molecule has 4 heteroatoms. The predicted octanol–water partition coefficient (Wildman–Crippen LogP) is 2.89. The van der Waals surface area contributed by atoms with Crippen LogP contribution in [0.15, 0.2) is 5.38 Å². The third kappa shape index (κ3) is 3.22. The minimum absolute atomic E-state index is 0.409. The molecule has 16 heavy (non-hydrogen) atoms. The van der Waals surface area contributed by atoms with Crippen molar-refractivity contribution in [1.29, 1.82) is 0 Å². The lowest BCUT2D eigenvalue weighted by molar-refractivity contribution is 0.486. The topological polar surface area (TPSA) is 38.9 Å². The van der Waals surface area contributed by atoms with E-state index in [0.29, 0.717) is 12.5 Å². The summed E-state index contributed by atoms with van der Waals surface area (Å²) in [7, 11) is 0. The van der Waals surface area contributed by atoms with Gasteiger partial charge in [0.05, 0.1) is 10.7 Å². The maximum Gasteiger partial charge on any atom is 0.0931 e. The number of rotatable bonds is 4. The maximum atomic E-state index is 5.66. The van der Waals surface area contributed by atoms with E-state index < -0.39 is 0 Å². The third-order valence-electron chi connectivity index (χ3n) is 3.23. The van der Waals surface area contributed by atoms with Crippen LogP contribution >= 0.6 is 23.1 Å². The summed E-state index contributed by atoms with van der Waals surface area (Å²) in [6, 6.07) is 0. The second kappa shape index (κ2) is 6.03. The first-order valence-electron chi connectivity index (χ1n) is 6.01. The summed E-state index contributed by atoms with van der Waals surface area (Å²) in [6.45, 7) is 2.85. The molecule has 0 saturated carbocycles. The molecule has 1 atom stereocenters. The Morgan fingerprint density at radius 2 is 2.25 bits per heavy atom. The van der Waals surface area contributed by atoms with Crippen LogP contribution in [0.4, 0.5) is 0 Å². The average Bonchev–Trinajstić information content (AvgIpc) is 2.78. The number of thioether (sulfide) groups is 1. The SMILES string of the molecule is CC(CN)c1csc(CC2CCSCC2)n1. The Morgan fingerprint density at radius 1 is 1.50 bits per heavy atom. The van der Waals surface area contributed by atoms with Crippen molar-refractivity contribution in [3.63, 3.8) is 0 Å². The summed E-state index contributed by atoms with van der Waals surface area (Å²) < 4.78 is 0. The average molecular weight is 256 g/mol. The van der Waals surface area contributed by atoms with E-state index in [-0.39, 0.29) is 0 Å². The van der Waals surface area contributed by atoms with Gasteiger partial charge in [-0.1, -0.05) is 6.92 Å². The van der Waals surface area contributed by atoms with E-state index >= 15 is 0 Å². The van der Waals surface area contributed by atoms with Gasteiger partial charge in [-0.3, -0.25) is 0 Å². The molecule has 2 heterocycles. The van der Waals surface area contributed by atoms with Gasteiger partial charge < -0.3 is 5.73 Å². The molecule has 1 aromatic rings. The maximum absolute atomic E-state index is 5.66. The van der Waals surface area contributed by atoms with E-state index in [1.54, 1.807) is 0 Å². The monoisotopic (exact) mass is 256 g/mol. The van der Waals surface area contributed by atoms with Crippen molar-refractivity contribution < 1.29 is 0 Å². The van der Waals surface area contributed by atoms with Gasteiger partial charge in [0, 0.05) is 24.3 Å². The number of nitrogens with two attached hydrogens (primary N) is 1. The lowest BCUT2D eigenvalue weighted by Crippen LogP contribution is -2.12. The molecule has 1 aliphatic rings. The molecular formula is C12H20N2S2. The van der Waals surface area contributed by atoms with Gasteiger partial charge in [-0.05, 0) is 30.3 Å².